The van der Waals surface area contributed by atoms with Gasteiger partial charge in [0.25, 0.3) is 0 Å². The van der Waals surface area contributed by atoms with E-state index in [0.717, 1.165) is 22.6 Å². The summed E-state index contributed by atoms with van der Waals surface area (Å²) in [4.78, 5) is 12.4. The molecule has 7 nitrogen and oxygen atoms in total. The van der Waals surface area contributed by atoms with Crippen molar-refractivity contribution in [2.24, 2.45) is 0 Å². The fourth-order valence-electron chi connectivity index (χ4n) is 3.14. The van der Waals surface area contributed by atoms with Crippen LogP contribution in [0.25, 0.3) is 11.4 Å². The van der Waals surface area contributed by atoms with E-state index in [-0.39, 0.29) is 11.7 Å². The third kappa shape index (κ3) is 5.39. The van der Waals surface area contributed by atoms with Crippen molar-refractivity contribution in [2.75, 3.05) is 12.9 Å². The average molecular weight is 449 g/mol. The van der Waals surface area contributed by atoms with Gasteiger partial charge in [-0.1, -0.05) is 41.6 Å². The van der Waals surface area contributed by atoms with E-state index in [1.54, 1.807) is 13.4 Å². The van der Waals surface area contributed by atoms with Crippen molar-refractivity contribution in [1.82, 2.24) is 20.1 Å². The Hall–Kier alpha value is -3.52. The van der Waals surface area contributed by atoms with Crippen LogP contribution in [-0.2, 0) is 17.9 Å². The first-order chi connectivity index (χ1) is 15.6. The molecule has 0 fully saturated rings. The number of carbonyl (C=O) groups excluding carboxylic acids is 1. The standard InChI is InChI=1S/C24H24N4O3S/c1-17-5-7-18(8-6-17)14-25-22(29)16-32-24-27-26-23(19-9-11-20(30-2)12-10-19)28(24)15-21-4-3-13-31-21/h3-13H,14-16H2,1-2H3,(H,25,29). The normalized spacial score (nSPS) is 10.8. The van der Waals surface area contributed by atoms with Crippen LogP contribution in [0.4, 0.5) is 0 Å². The number of nitrogens with zero attached hydrogens (tertiary/aromatic N) is 3. The van der Waals surface area contributed by atoms with Crippen LogP contribution in [0.15, 0.2) is 76.5 Å². The van der Waals surface area contributed by atoms with Gasteiger partial charge in [0.15, 0.2) is 11.0 Å². The maximum atomic E-state index is 12.4. The first kappa shape index (κ1) is 21.7. The molecule has 1 N–H and O–H groups in total. The SMILES string of the molecule is COc1ccc(-c2nnc(SCC(=O)NCc3ccc(C)cc3)n2Cc2ccco2)cc1. The number of amides is 1. The number of hydrogen-bond acceptors (Lipinski definition) is 6. The van der Waals surface area contributed by atoms with Crippen LogP contribution in [0.3, 0.4) is 0 Å². The smallest absolute Gasteiger partial charge is 0.230 e. The van der Waals surface area contributed by atoms with Crippen molar-refractivity contribution in [3.63, 3.8) is 0 Å². The van der Waals surface area contributed by atoms with Crippen molar-refractivity contribution in [2.45, 2.75) is 25.2 Å². The van der Waals surface area contributed by atoms with Gasteiger partial charge in [-0.3, -0.25) is 9.36 Å². The Labute approximate surface area is 190 Å². The molecule has 0 bridgehead atoms. The molecule has 0 spiro atoms. The molecule has 2 heterocycles. The molecule has 0 atom stereocenters. The molecule has 32 heavy (non-hydrogen) atoms. The van der Waals surface area contributed by atoms with Crippen molar-refractivity contribution in [1.29, 1.82) is 0 Å². The zero-order chi connectivity index (χ0) is 22.3. The summed E-state index contributed by atoms with van der Waals surface area (Å²) in [6.07, 6.45) is 1.64. The molecule has 0 saturated heterocycles. The molecule has 8 heteroatoms. The highest BCUT2D eigenvalue weighted by molar-refractivity contribution is 7.99. The lowest BCUT2D eigenvalue weighted by molar-refractivity contribution is -0.118. The van der Waals surface area contributed by atoms with Crippen LogP contribution in [0.1, 0.15) is 16.9 Å². The third-order valence-corrected chi connectivity index (χ3v) is 5.87. The number of benzene rings is 2. The van der Waals surface area contributed by atoms with Gasteiger partial charge in [-0.15, -0.1) is 10.2 Å². The average Bonchev–Trinajstić information content (AvgIpc) is 3.48. The quantitative estimate of drug-likeness (QED) is 0.384. The van der Waals surface area contributed by atoms with E-state index in [0.29, 0.717) is 24.1 Å². The van der Waals surface area contributed by atoms with Crippen LogP contribution >= 0.6 is 11.8 Å². The maximum absolute atomic E-state index is 12.4. The topological polar surface area (TPSA) is 82.2 Å². The minimum atomic E-state index is -0.0610. The fraction of sp³-hybridized carbons (Fsp3) is 0.208. The summed E-state index contributed by atoms with van der Waals surface area (Å²) >= 11 is 1.35. The van der Waals surface area contributed by atoms with E-state index < -0.39 is 0 Å². The largest absolute Gasteiger partial charge is 0.497 e. The zero-order valence-electron chi connectivity index (χ0n) is 17.9. The molecular formula is C24H24N4O3S. The number of hydrogen-bond donors (Lipinski definition) is 1. The second-order valence-corrected chi connectivity index (χ2v) is 8.19. The number of carbonyl (C=O) groups is 1. The van der Waals surface area contributed by atoms with E-state index in [2.05, 4.69) is 15.5 Å². The predicted octanol–water partition coefficient (Wildman–Crippen LogP) is 4.31. The fourth-order valence-corrected chi connectivity index (χ4v) is 3.91. The summed E-state index contributed by atoms with van der Waals surface area (Å²) in [7, 11) is 1.63. The van der Waals surface area contributed by atoms with Gasteiger partial charge in [-0.2, -0.15) is 0 Å². The van der Waals surface area contributed by atoms with Crippen LogP contribution in [0.5, 0.6) is 5.75 Å². The van der Waals surface area contributed by atoms with Crippen molar-refractivity contribution in [3.05, 3.63) is 83.8 Å². The number of ether oxygens (including phenoxy) is 1. The Morgan fingerprint density at radius 2 is 1.88 bits per heavy atom. The minimum Gasteiger partial charge on any atom is -0.497 e. The van der Waals surface area contributed by atoms with Gasteiger partial charge in [-0.05, 0) is 48.9 Å². The molecule has 0 aliphatic carbocycles. The van der Waals surface area contributed by atoms with Crippen molar-refractivity contribution < 1.29 is 13.9 Å². The zero-order valence-corrected chi connectivity index (χ0v) is 18.8. The molecule has 1 amide bonds. The van der Waals surface area contributed by atoms with Crippen molar-refractivity contribution >= 4 is 17.7 Å². The highest BCUT2D eigenvalue weighted by atomic mass is 32.2. The minimum absolute atomic E-state index is 0.0610. The molecule has 2 aromatic carbocycles. The third-order valence-electron chi connectivity index (χ3n) is 4.90. The van der Waals surface area contributed by atoms with Crippen molar-refractivity contribution in [3.8, 4) is 17.1 Å². The van der Waals surface area contributed by atoms with Gasteiger partial charge >= 0.3 is 0 Å². The number of aromatic nitrogens is 3. The molecule has 4 rings (SSSR count). The van der Waals surface area contributed by atoms with Gasteiger partial charge in [0.05, 0.1) is 25.7 Å². The van der Waals surface area contributed by atoms with Crippen LogP contribution < -0.4 is 10.1 Å². The summed E-state index contributed by atoms with van der Waals surface area (Å²) in [6.45, 7) is 3.00. The Morgan fingerprint density at radius 3 is 2.56 bits per heavy atom. The van der Waals surface area contributed by atoms with E-state index >= 15 is 0 Å². The summed E-state index contributed by atoms with van der Waals surface area (Å²) < 4.78 is 12.7. The van der Waals surface area contributed by atoms with Gasteiger partial charge < -0.3 is 14.5 Å². The van der Waals surface area contributed by atoms with Gasteiger partial charge in [-0.25, -0.2) is 0 Å². The van der Waals surface area contributed by atoms with E-state index in [9.17, 15) is 4.79 Å². The molecular weight excluding hydrogens is 424 g/mol. The predicted molar refractivity (Wildman–Crippen MR) is 124 cm³/mol. The highest BCUT2D eigenvalue weighted by Gasteiger charge is 2.17. The second-order valence-electron chi connectivity index (χ2n) is 7.25. The molecule has 0 saturated carbocycles. The monoisotopic (exact) mass is 448 g/mol. The van der Waals surface area contributed by atoms with Gasteiger partial charge in [0, 0.05) is 12.1 Å². The number of aryl methyl sites for hydroxylation is 1. The van der Waals surface area contributed by atoms with E-state index in [1.807, 2.05) is 72.2 Å². The Balaban J connectivity index is 1.46. The Morgan fingerprint density at radius 1 is 1.09 bits per heavy atom. The highest BCUT2D eigenvalue weighted by Crippen LogP contribution is 2.26. The lowest BCUT2D eigenvalue weighted by Gasteiger charge is -2.10. The summed E-state index contributed by atoms with van der Waals surface area (Å²) in [5.41, 5.74) is 3.16. The van der Waals surface area contributed by atoms with Crippen LogP contribution in [0, 0.1) is 6.92 Å². The molecule has 4 aromatic rings. The lowest BCUT2D eigenvalue weighted by Crippen LogP contribution is -2.24. The molecule has 164 valence electrons. The summed E-state index contributed by atoms with van der Waals surface area (Å²) in [5.74, 6) is 2.43. The Kier molecular flexibility index (Phi) is 6.91. The number of thioether (sulfide) groups is 1. The molecule has 0 radical (unpaired) electrons. The lowest BCUT2D eigenvalue weighted by atomic mass is 10.1. The molecule has 0 unspecified atom stereocenters. The number of nitrogens with one attached hydrogen (secondary N) is 1. The van der Waals surface area contributed by atoms with E-state index in [4.69, 9.17) is 9.15 Å². The number of rotatable bonds is 9. The number of methoxy groups -OCH3 is 1. The maximum Gasteiger partial charge on any atom is 0.230 e. The first-order valence-corrected chi connectivity index (χ1v) is 11.2. The van der Waals surface area contributed by atoms with Crippen LogP contribution in [0.2, 0.25) is 0 Å². The Bertz CT molecular complexity index is 1150. The molecule has 0 aliphatic rings. The van der Waals surface area contributed by atoms with Crippen LogP contribution in [-0.4, -0.2) is 33.5 Å². The second kappa shape index (κ2) is 10.2. The van der Waals surface area contributed by atoms with E-state index in [1.165, 1.54) is 17.3 Å². The summed E-state index contributed by atoms with van der Waals surface area (Å²) in [6, 6.07) is 19.5. The number of furan rings is 1. The van der Waals surface area contributed by atoms with Gasteiger partial charge in [0.1, 0.15) is 11.5 Å². The van der Waals surface area contributed by atoms with Gasteiger partial charge in [0.2, 0.25) is 5.91 Å². The molecule has 2 aromatic heterocycles. The summed E-state index contributed by atoms with van der Waals surface area (Å²) in [5, 5.41) is 12.3. The molecule has 0 aliphatic heterocycles. The first-order valence-electron chi connectivity index (χ1n) is 10.2.